The molecule has 0 atom stereocenters. The summed E-state index contributed by atoms with van der Waals surface area (Å²) in [4.78, 5) is 12.8. The molecule has 3 heteroatoms. The summed E-state index contributed by atoms with van der Waals surface area (Å²) >= 11 is 0. The highest BCUT2D eigenvalue weighted by molar-refractivity contribution is 6.13. The number of ketones is 1. The zero-order chi connectivity index (χ0) is 19.1. The Hall–Kier alpha value is -2.81. The number of hydrogen-bond acceptors (Lipinski definition) is 3. The molecule has 0 saturated heterocycles. The van der Waals surface area contributed by atoms with E-state index in [4.69, 9.17) is 4.74 Å². The van der Waals surface area contributed by atoms with Gasteiger partial charge in [-0.3, -0.25) is 4.79 Å². The Morgan fingerprint density at radius 3 is 2.04 bits per heavy atom. The molecule has 0 spiro atoms. The minimum Gasteiger partial charge on any atom is -0.508 e. The first kappa shape index (κ1) is 19.0. The lowest BCUT2D eigenvalue weighted by molar-refractivity contribution is -0.112. The summed E-state index contributed by atoms with van der Waals surface area (Å²) in [5.74, 6) is 1.22. The molecule has 0 bridgehead atoms. The average Bonchev–Trinajstić information content (AvgIpc) is 2.68. The van der Waals surface area contributed by atoms with Crippen molar-refractivity contribution >= 4 is 17.9 Å². The molecule has 2 aromatic carbocycles. The van der Waals surface area contributed by atoms with Gasteiger partial charge in [-0.15, -0.1) is 0 Å². The van der Waals surface area contributed by atoms with Crippen molar-refractivity contribution in [1.29, 1.82) is 0 Å². The molecule has 1 saturated carbocycles. The van der Waals surface area contributed by atoms with Crippen LogP contribution in [0.2, 0.25) is 0 Å². The number of phenols is 1. The van der Waals surface area contributed by atoms with Gasteiger partial charge in [-0.1, -0.05) is 37.6 Å². The monoisotopic (exact) mass is 362 g/mol. The van der Waals surface area contributed by atoms with Gasteiger partial charge >= 0.3 is 0 Å². The van der Waals surface area contributed by atoms with E-state index in [0.29, 0.717) is 0 Å². The SMILES string of the molecule is CCCCOc1ccc(C=C2CCCC(=Cc3ccc(O)cc3)C2=O)cc1. The van der Waals surface area contributed by atoms with Gasteiger partial charge in [0, 0.05) is 11.1 Å². The van der Waals surface area contributed by atoms with Crippen LogP contribution < -0.4 is 4.74 Å². The first-order chi connectivity index (χ1) is 13.2. The quantitative estimate of drug-likeness (QED) is 0.522. The van der Waals surface area contributed by atoms with Crippen molar-refractivity contribution in [2.45, 2.75) is 39.0 Å². The number of unbranched alkanes of at least 4 members (excludes halogenated alkanes) is 1. The second-order valence-corrected chi connectivity index (χ2v) is 6.88. The normalized spacial score (nSPS) is 17.4. The van der Waals surface area contributed by atoms with E-state index in [9.17, 15) is 9.90 Å². The number of aromatic hydroxyl groups is 1. The van der Waals surface area contributed by atoms with Crippen LogP contribution in [0.1, 0.15) is 50.2 Å². The predicted octanol–water partition coefficient (Wildman–Crippen LogP) is 5.79. The number of phenolic OH excluding ortho intramolecular Hbond substituents is 1. The van der Waals surface area contributed by atoms with Crippen molar-refractivity contribution in [2.24, 2.45) is 0 Å². The Kier molecular flexibility index (Phi) is 6.48. The number of allylic oxidation sites excluding steroid dienone is 2. The van der Waals surface area contributed by atoms with Crippen LogP contribution in [0.4, 0.5) is 0 Å². The standard InChI is InChI=1S/C24H26O3/c1-2-3-15-27-23-13-9-19(10-14-23)17-21-6-4-5-20(24(21)26)16-18-7-11-22(25)12-8-18/h7-14,16-17,25H,2-6,15H2,1H3. The van der Waals surface area contributed by atoms with Gasteiger partial charge in [0.15, 0.2) is 5.78 Å². The van der Waals surface area contributed by atoms with Crippen LogP contribution in [-0.4, -0.2) is 17.5 Å². The fourth-order valence-corrected chi connectivity index (χ4v) is 3.15. The van der Waals surface area contributed by atoms with Crippen LogP contribution in [0.15, 0.2) is 59.7 Å². The first-order valence-electron chi connectivity index (χ1n) is 9.63. The molecule has 3 nitrogen and oxygen atoms in total. The molecule has 1 aliphatic rings. The minimum absolute atomic E-state index is 0.123. The van der Waals surface area contributed by atoms with Crippen molar-refractivity contribution in [1.82, 2.24) is 0 Å². The molecule has 27 heavy (non-hydrogen) atoms. The molecule has 3 rings (SSSR count). The van der Waals surface area contributed by atoms with E-state index < -0.39 is 0 Å². The van der Waals surface area contributed by atoms with E-state index in [2.05, 4.69) is 6.92 Å². The molecule has 1 fully saturated rings. The molecule has 0 amide bonds. The molecular formula is C24H26O3. The zero-order valence-electron chi connectivity index (χ0n) is 15.8. The second kappa shape index (κ2) is 9.22. The van der Waals surface area contributed by atoms with Crippen LogP contribution >= 0.6 is 0 Å². The van der Waals surface area contributed by atoms with Crippen molar-refractivity contribution in [3.63, 3.8) is 0 Å². The van der Waals surface area contributed by atoms with Crippen molar-refractivity contribution in [3.8, 4) is 11.5 Å². The van der Waals surface area contributed by atoms with Crippen LogP contribution in [0.5, 0.6) is 11.5 Å². The Bertz CT molecular complexity index is 827. The highest BCUT2D eigenvalue weighted by atomic mass is 16.5. The summed E-state index contributed by atoms with van der Waals surface area (Å²) in [5, 5.41) is 9.39. The topological polar surface area (TPSA) is 46.5 Å². The molecule has 2 aromatic rings. The van der Waals surface area contributed by atoms with Crippen LogP contribution in [0.25, 0.3) is 12.2 Å². The third-order valence-electron chi connectivity index (χ3n) is 4.70. The molecule has 0 aliphatic heterocycles. The maximum absolute atomic E-state index is 12.8. The van der Waals surface area contributed by atoms with Gasteiger partial charge in [0.25, 0.3) is 0 Å². The summed E-state index contributed by atoms with van der Waals surface area (Å²) in [6, 6.07) is 14.8. The third kappa shape index (κ3) is 5.33. The average molecular weight is 362 g/mol. The largest absolute Gasteiger partial charge is 0.508 e. The van der Waals surface area contributed by atoms with Gasteiger partial charge in [-0.2, -0.15) is 0 Å². The molecule has 1 aliphatic carbocycles. The summed E-state index contributed by atoms with van der Waals surface area (Å²) in [5.41, 5.74) is 3.64. The number of rotatable bonds is 6. The number of hydrogen-bond donors (Lipinski definition) is 1. The first-order valence-corrected chi connectivity index (χ1v) is 9.63. The van der Waals surface area contributed by atoms with Gasteiger partial charge in [-0.05, 0) is 73.2 Å². The molecule has 0 unspecified atom stereocenters. The Morgan fingerprint density at radius 2 is 1.48 bits per heavy atom. The van der Waals surface area contributed by atoms with Gasteiger partial charge in [0.1, 0.15) is 11.5 Å². The number of benzene rings is 2. The Labute approximate surface area is 161 Å². The van der Waals surface area contributed by atoms with Crippen LogP contribution in [-0.2, 0) is 4.79 Å². The molecule has 1 N–H and O–H groups in total. The minimum atomic E-state index is 0.123. The summed E-state index contributed by atoms with van der Waals surface area (Å²) in [7, 11) is 0. The second-order valence-electron chi connectivity index (χ2n) is 6.88. The van der Waals surface area contributed by atoms with Crippen molar-refractivity contribution < 1.29 is 14.6 Å². The Morgan fingerprint density at radius 1 is 0.926 bits per heavy atom. The van der Waals surface area contributed by atoms with Crippen LogP contribution in [0, 0.1) is 0 Å². The van der Waals surface area contributed by atoms with E-state index in [-0.39, 0.29) is 11.5 Å². The zero-order valence-corrected chi connectivity index (χ0v) is 15.8. The van der Waals surface area contributed by atoms with Gasteiger partial charge in [0.2, 0.25) is 0 Å². The van der Waals surface area contributed by atoms with Crippen LogP contribution in [0.3, 0.4) is 0 Å². The lowest BCUT2D eigenvalue weighted by Gasteiger charge is -2.16. The summed E-state index contributed by atoms with van der Waals surface area (Å²) in [6.07, 6.45) is 8.66. The maximum Gasteiger partial charge on any atom is 0.185 e. The van der Waals surface area contributed by atoms with Gasteiger partial charge in [0.05, 0.1) is 6.61 Å². The van der Waals surface area contributed by atoms with E-state index in [1.165, 1.54) is 0 Å². The molecule has 140 valence electrons. The van der Waals surface area contributed by atoms with Crippen molar-refractivity contribution in [3.05, 3.63) is 70.8 Å². The lowest BCUT2D eigenvalue weighted by atomic mass is 9.87. The smallest absolute Gasteiger partial charge is 0.185 e. The lowest BCUT2D eigenvalue weighted by Crippen LogP contribution is -2.12. The maximum atomic E-state index is 12.8. The number of ether oxygens (including phenoxy) is 1. The number of carbonyl (C=O) groups is 1. The number of Topliss-reactive ketones (excluding diaryl/α,β-unsaturated/α-hetero) is 1. The van der Waals surface area contributed by atoms with E-state index in [1.807, 2.05) is 48.6 Å². The Balaban J connectivity index is 1.72. The van der Waals surface area contributed by atoms with E-state index in [1.54, 1.807) is 12.1 Å². The summed E-state index contributed by atoms with van der Waals surface area (Å²) in [6.45, 7) is 2.88. The fraction of sp³-hybridized carbons (Fsp3) is 0.292. The van der Waals surface area contributed by atoms with Gasteiger partial charge < -0.3 is 9.84 Å². The third-order valence-corrected chi connectivity index (χ3v) is 4.70. The molecule has 0 heterocycles. The molecule has 0 radical (unpaired) electrons. The highest BCUT2D eigenvalue weighted by Crippen LogP contribution is 2.28. The number of carbonyl (C=O) groups excluding carboxylic acids is 1. The molecular weight excluding hydrogens is 336 g/mol. The summed E-state index contributed by atoms with van der Waals surface area (Å²) < 4.78 is 5.69. The van der Waals surface area contributed by atoms with Gasteiger partial charge in [-0.25, -0.2) is 0 Å². The van der Waals surface area contributed by atoms with Crippen molar-refractivity contribution in [2.75, 3.05) is 6.61 Å². The fourth-order valence-electron chi connectivity index (χ4n) is 3.15. The molecule has 0 aromatic heterocycles. The predicted molar refractivity (Wildman–Crippen MR) is 110 cm³/mol. The van der Waals surface area contributed by atoms with E-state index >= 15 is 0 Å². The highest BCUT2D eigenvalue weighted by Gasteiger charge is 2.20. The van der Waals surface area contributed by atoms with E-state index in [0.717, 1.165) is 66.7 Å².